The summed E-state index contributed by atoms with van der Waals surface area (Å²) in [6, 6.07) is 0.190. The van der Waals surface area contributed by atoms with Crippen molar-refractivity contribution in [1.29, 1.82) is 0 Å². The Labute approximate surface area is 91.9 Å². The van der Waals surface area contributed by atoms with Crippen molar-refractivity contribution in [3.63, 3.8) is 0 Å². The standard InChI is InChI=1S/C11H22N4/c1-4-6-15-11(13-8-14-15)7-10(12)9(3)5-2/h8-10H,4-7,12H2,1-3H3. The summed E-state index contributed by atoms with van der Waals surface area (Å²) in [5.41, 5.74) is 6.10. The van der Waals surface area contributed by atoms with Gasteiger partial charge in [0.25, 0.3) is 0 Å². The lowest BCUT2D eigenvalue weighted by atomic mass is 9.97. The van der Waals surface area contributed by atoms with E-state index in [4.69, 9.17) is 5.73 Å². The first-order chi connectivity index (χ1) is 7.19. The predicted octanol–water partition coefficient (Wildman–Crippen LogP) is 1.60. The summed E-state index contributed by atoms with van der Waals surface area (Å²) in [7, 11) is 0. The van der Waals surface area contributed by atoms with E-state index in [1.54, 1.807) is 6.33 Å². The molecule has 0 radical (unpaired) electrons. The summed E-state index contributed by atoms with van der Waals surface area (Å²) in [4.78, 5) is 4.26. The lowest BCUT2D eigenvalue weighted by Gasteiger charge is -2.17. The largest absolute Gasteiger partial charge is 0.327 e. The molecule has 0 fully saturated rings. The van der Waals surface area contributed by atoms with Crippen LogP contribution in [0.25, 0.3) is 0 Å². The molecule has 1 rings (SSSR count). The second kappa shape index (κ2) is 5.85. The van der Waals surface area contributed by atoms with Gasteiger partial charge in [-0.25, -0.2) is 4.98 Å². The van der Waals surface area contributed by atoms with E-state index >= 15 is 0 Å². The highest BCUT2D eigenvalue weighted by atomic mass is 15.3. The van der Waals surface area contributed by atoms with Crippen LogP contribution >= 0.6 is 0 Å². The highest BCUT2D eigenvalue weighted by Crippen LogP contribution is 2.10. The highest BCUT2D eigenvalue weighted by molar-refractivity contribution is 4.90. The maximum Gasteiger partial charge on any atom is 0.138 e. The van der Waals surface area contributed by atoms with Crippen LogP contribution in [-0.2, 0) is 13.0 Å². The molecule has 0 spiro atoms. The minimum atomic E-state index is 0.190. The molecule has 1 heterocycles. The fourth-order valence-corrected chi connectivity index (χ4v) is 1.56. The second-order valence-corrected chi connectivity index (χ2v) is 4.15. The molecule has 1 aromatic heterocycles. The van der Waals surface area contributed by atoms with E-state index < -0.39 is 0 Å². The van der Waals surface area contributed by atoms with Crippen LogP contribution in [-0.4, -0.2) is 20.8 Å². The van der Waals surface area contributed by atoms with Crippen LogP contribution in [0.3, 0.4) is 0 Å². The minimum Gasteiger partial charge on any atom is -0.327 e. The van der Waals surface area contributed by atoms with Crippen LogP contribution in [0.5, 0.6) is 0 Å². The fourth-order valence-electron chi connectivity index (χ4n) is 1.56. The molecule has 0 saturated carbocycles. The molecule has 2 atom stereocenters. The molecule has 0 aliphatic rings. The first kappa shape index (κ1) is 12.2. The van der Waals surface area contributed by atoms with Crippen molar-refractivity contribution >= 4 is 0 Å². The molecule has 86 valence electrons. The fraction of sp³-hybridized carbons (Fsp3) is 0.818. The Kier molecular flexibility index (Phi) is 4.75. The van der Waals surface area contributed by atoms with Crippen molar-refractivity contribution in [3.8, 4) is 0 Å². The number of aryl methyl sites for hydroxylation is 1. The molecule has 2 N–H and O–H groups in total. The summed E-state index contributed by atoms with van der Waals surface area (Å²) < 4.78 is 1.96. The number of rotatable bonds is 6. The van der Waals surface area contributed by atoms with Crippen LogP contribution in [0.4, 0.5) is 0 Å². The summed E-state index contributed by atoms with van der Waals surface area (Å²) in [6.45, 7) is 7.43. The van der Waals surface area contributed by atoms with E-state index in [0.717, 1.165) is 31.6 Å². The number of nitrogens with zero attached hydrogens (tertiary/aromatic N) is 3. The summed E-state index contributed by atoms with van der Waals surface area (Å²) >= 11 is 0. The Morgan fingerprint density at radius 3 is 2.80 bits per heavy atom. The molecular weight excluding hydrogens is 188 g/mol. The first-order valence-electron chi connectivity index (χ1n) is 5.81. The highest BCUT2D eigenvalue weighted by Gasteiger charge is 2.14. The summed E-state index contributed by atoms with van der Waals surface area (Å²) in [5, 5.41) is 4.19. The van der Waals surface area contributed by atoms with E-state index in [1.807, 2.05) is 4.68 Å². The number of nitrogens with two attached hydrogens (primary N) is 1. The third kappa shape index (κ3) is 3.30. The van der Waals surface area contributed by atoms with Gasteiger partial charge >= 0.3 is 0 Å². The van der Waals surface area contributed by atoms with Crippen molar-refractivity contribution in [3.05, 3.63) is 12.2 Å². The molecule has 4 heteroatoms. The molecular formula is C11H22N4. The molecule has 4 nitrogen and oxygen atoms in total. The third-order valence-corrected chi connectivity index (χ3v) is 2.92. The Bertz CT molecular complexity index is 282. The monoisotopic (exact) mass is 210 g/mol. The smallest absolute Gasteiger partial charge is 0.138 e. The lowest BCUT2D eigenvalue weighted by molar-refractivity contribution is 0.422. The van der Waals surface area contributed by atoms with E-state index in [0.29, 0.717) is 5.92 Å². The minimum absolute atomic E-state index is 0.190. The molecule has 0 aliphatic heterocycles. The normalized spacial score (nSPS) is 15.2. The maximum absolute atomic E-state index is 6.10. The number of aromatic nitrogens is 3. The van der Waals surface area contributed by atoms with Crippen molar-refractivity contribution in [2.24, 2.45) is 11.7 Å². The van der Waals surface area contributed by atoms with Crippen molar-refractivity contribution in [2.75, 3.05) is 0 Å². The summed E-state index contributed by atoms with van der Waals surface area (Å²) in [6.07, 6.45) is 4.64. The van der Waals surface area contributed by atoms with Crippen LogP contribution in [0.2, 0.25) is 0 Å². The quantitative estimate of drug-likeness (QED) is 0.776. The van der Waals surface area contributed by atoms with Gasteiger partial charge in [-0.1, -0.05) is 27.2 Å². The molecule has 0 aromatic carbocycles. The average Bonchev–Trinajstić information content (AvgIpc) is 2.65. The Hall–Kier alpha value is -0.900. The van der Waals surface area contributed by atoms with Crippen LogP contribution in [0.1, 0.15) is 39.4 Å². The van der Waals surface area contributed by atoms with Gasteiger partial charge in [0.15, 0.2) is 0 Å². The van der Waals surface area contributed by atoms with E-state index in [-0.39, 0.29) is 6.04 Å². The molecule has 0 amide bonds. The van der Waals surface area contributed by atoms with Gasteiger partial charge in [-0.3, -0.25) is 4.68 Å². The van der Waals surface area contributed by atoms with Gasteiger partial charge in [0, 0.05) is 19.0 Å². The Morgan fingerprint density at radius 1 is 1.47 bits per heavy atom. The lowest BCUT2D eigenvalue weighted by Crippen LogP contribution is -2.31. The molecule has 0 saturated heterocycles. The van der Waals surface area contributed by atoms with Crippen LogP contribution in [0, 0.1) is 5.92 Å². The molecule has 1 aromatic rings. The Balaban J connectivity index is 2.59. The van der Waals surface area contributed by atoms with E-state index in [2.05, 4.69) is 30.9 Å². The van der Waals surface area contributed by atoms with Crippen LogP contribution < -0.4 is 5.73 Å². The second-order valence-electron chi connectivity index (χ2n) is 4.15. The van der Waals surface area contributed by atoms with Crippen molar-refractivity contribution < 1.29 is 0 Å². The maximum atomic E-state index is 6.10. The predicted molar refractivity (Wildman–Crippen MR) is 61.4 cm³/mol. The zero-order valence-corrected chi connectivity index (χ0v) is 9.98. The zero-order chi connectivity index (χ0) is 11.3. The van der Waals surface area contributed by atoms with Gasteiger partial charge < -0.3 is 5.73 Å². The SMILES string of the molecule is CCCn1ncnc1CC(N)C(C)CC. The van der Waals surface area contributed by atoms with Crippen molar-refractivity contribution in [2.45, 2.75) is 52.6 Å². The van der Waals surface area contributed by atoms with Crippen molar-refractivity contribution in [1.82, 2.24) is 14.8 Å². The molecule has 15 heavy (non-hydrogen) atoms. The molecule has 2 unspecified atom stereocenters. The first-order valence-corrected chi connectivity index (χ1v) is 5.81. The molecule has 0 aliphatic carbocycles. The van der Waals surface area contributed by atoms with E-state index in [1.165, 1.54) is 0 Å². The zero-order valence-electron chi connectivity index (χ0n) is 9.98. The molecule has 0 bridgehead atoms. The Morgan fingerprint density at radius 2 is 2.20 bits per heavy atom. The summed E-state index contributed by atoms with van der Waals surface area (Å²) in [5.74, 6) is 1.56. The topological polar surface area (TPSA) is 56.7 Å². The van der Waals surface area contributed by atoms with Crippen LogP contribution in [0.15, 0.2) is 6.33 Å². The number of hydrogen-bond acceptors (Lipinski definition) is 3. The third-order valence-electron chi connectivity index (χ3n) is 2.92. The van der Waals surface area contributed by atoms with Gasteiger partial charge in [-0.2, -0.15) is 5.10 Å². The van der Waals surface area contributed by atoms with Gasteiger partial charge in [0.1, 0.15) is 12.2 Å². The van der Waals surface area contributed by atoms with E-state index in [9.17, 15) is 0 Å². The van der Waals surface area contributed by atoms with Gasteiger partial charge in [0.05, 0.1) is 0 Å². The van der Waals surface area contributed by atoms with Gasteiger partial charge in [-0.05, 0) is 12.3 Å². The average molecular weight is 210 g/mol. The van der Waals surface area contributed by atoms with Gasteiger partial charge in [0.2, 0.25) is 0 Å². The van der Waals surface area contributed by atoms with Gasteiger partial charge in [-0.15, -0.1) is 0 Å². The number of hydrogen-bond donors (Lipinski definition) is 1.